The van der Waals surface area contributed by atoms with E-state index in [1.807, 2.05) is 35.0 Å². The highest BCUT2D eigenvalue weighted by atomic mass is 35.5. The first-order chi connectivity index (χ1) is 9.59. The Morgan fingerprint density at radius 2 is 2.00 bits per heavy atom. The van der Waals surface area contributed by atoms with E-state index in [0.29, 0.717) is 18.1 Å². The molecule has 0 saturated carbocycles. The number of para-hydroxylation sites is 1. The molecule has 1 aromatic carbocycles. The molecule has 1 unspecified atom stereocenters. The van der Waals surface area contributed by atoms with Crippen LogP contribution < -0.4 is 10.5 Å². The van der Waals surface area contributed by atoms with Crippen LogP contribution in [0.5, 0.6) is 5.75 Å². The number of hydrogen-bond donors (Lipinski definition) is 1. The van der Waals surface area contributed by atoms with Crippen molar-refractivity contribution in [3.05, 3.63) is 47.2 Å². The average molecular weight is 294 g/mol. The van der Waals surface area contributed by atoms with Crippen molar-refractivity contribution in [3.8, 4) is 5.75 Å². The third kappa shape index (κ3) is 3.52. The smallest absolute Gasteiger partial charge is 0.119 e. The Bertz CT molecular complexity index is 539. The minimum Gasteiger partial charge on any atom is -0.494 e. The molecule has 0 bridgehead atoms. The zero-order chi connectivity index (χ0) is 14.5. The monoisotopic (exact) mass is 293 g/mol. The summed E-state index contributed by atoms with van der Waals surface area (Å²) in [6, 6.07) is 9.75. The number of hydrogen-bond acceptors (Lipinski definition) is 3. The first-order valence-electron chi connectivity index (χ1n) is 6.76. The molecular weight excluding hydrogens is 274 g/mol. The lowest BCUT2D eigenvalue weighted by atomic mass is 10.1. The van der Waals surface area contributed by atoms with Gasteiger partial charge in [0.2, 0.25) is 0 Å². The maximum absolute atomic E-state index is 6.22. The number of nitrogens with two attached hydrogens (primary N) is 1. The van der Waals surface area contributed by atoms with Gasteiger partial charge in [-0.2, -0.15) is 5.10 Å². The van der Waals surface area contributed by atoms with Crippen molar-refractivity contribution in [2.75, 3.05) is 6.61 Å². The van der Waals surface area contributed by atoms with Crippen LogP contribution in [-0.2, 0) is 0 Å². The van der Waals surface area contributed by atoms with Gasteiger partial charge < -0.3 is 10.5 Å². The third-order valence-corrected chi connectivity index (χ3v) is 3.36. The van der Waals surface area contributed by atoms with Crippen LogP contribution in [0.3, 0.4) is 0 Å². The first kappa shape index (κ1) is 14.9. The molecule has 1 aromatic heterocycles. The number of rotatable bonds is 6. The first-order valence-corrected chi connectivity index (χ1v) is 7.13. The number of benzene rings is 1. The Kier molecular flexibility index (Phi) is 5.04. The van der Waals surface area contributed by atoms with E-state index in [1.165, 1.54) is 0 Å². The fraction of sp³-hybridized carbons (Fsp3) is 0.400. The van der Waals surface area contributed by atoms with Gasteiger partial charge in [-0.15, -0.1) is 0 Å². The Balaban J connectivity index is 1.95. The normalized spacial score (nSPS) is 12.7. The zero-order valence-corrected chi connectivity index (χ0v) is 12.5. The van der Waals surface area contributed by atoms with E-state index in [4.69, 9.17) is 22.1 Å². The van der Waals surface area contributed by atoms with Crippen molar-refractivity contribution in [1.82, 2.24) is 9.78 Å². The van der Waals surface area contributed by atoms with E-state index in [1.54, 1.807) is 6.20 Å². The van der Waals surface area contributed by atoms with Crippen molar-refractivity contribution in [2.45, 2.75) is 32.4 Å². The standard InChI is InChI=1S/C15H20ClN3O/c1-11(2)19-15(13(16)10-18-19)14(17)8-9-20-12-6-4-3-5-7-12/h3-7,10-11,14H,8-9,17H2,1-2H3. The maximum atomic E-state index is 6.22. The van der Waals surface area contributed by atoms with Crippen molar-refractivity contribution < 1.29 is 4.74 Å². The molecule has 0 aliphatic carbocycles. The molecule has 1 atom stereocenters. The molecule has 0 fully saturated rings. The summed E-state index contributed by atoms with van der Waals surface area (Å²) in [4.78, 5) is 0. The largest absolute Gasteiger partial charge is 0.494 e. The van der Waals surface area contributed by atoms with Crippen molar-refractivity contribution >= 4 is 11.6 Å². The molecule has 0 radical (unpaired) electrons. The summed E-state index contributed by atoms with van der Waals surface area (Å²) in [7, 11) is 0. The molecule has 2 N–H and O–H groups in total. The molecule has 0 spiro atoms. The van der Waals surface area contributed by atoms with E-state index in [0.717, 1.165) is 11.4 Å². The van der Waals surface area contributed by atoms with Gasteiger partial charge in [-0.05, 0) is 26.0 Å². The van der Waals surface area contributed by atoms with Gasteiger partial charge in [0.1, 0.15) is 5.75 Å². The second kappa shape index (κ2) is 6.77. The Morgan fingerprint density at radius 3 is 2.65 bits per heavy atom. The van der Waals surface area contributed by atoms with Gasteiger partial charge in [0.05, 0.1) is 29.6 Å². The number of halogens is 1. The summed E-state index contributed by atoms with van der Waals surface area (Å²) >= 11 is 6.18. The fourth-order valence-electron chi connectivity index (χ4n) is 2.07. The molecule has 5 heteroatoms. The molecule has 0 amide bonds. The summed E-state index contributed by atoms with van der Waals surface area (Å²) in [6.07, 6.45) is 2.34. The van der Waals surface area contributed by atoms with Gasteiger partial charge in [0.25, 0.3) is 0 Å². The van der Waals surface area contributed by atoms with Crippen molar-refractivity contribution in [3.63, 3.8) is 0 Å². The van der Waals surface area contributed by atoms with Gasteiger partial charge in [0, 0.05) is 12.5 Å². The van der Waals surface area contributed by atoms with E-state index in [2.05, 4.69) is 18.9 Å². The van der Waals surface area contributed by atoms with Crippen LogP contribution >= 0.6 is 11.6 Å². The summed E-state index contributed by atoms with van der Waals surface area (Å²) in [5, 5.41) is 4.88. The Hall–Kier alpha value is -1.52. The summed E-state index contributed by atoms with van der Waals surface area (Å²) in [6.45, 7) is 4.66. The topological polar surface area (TPSA) is 53.1 Å². The Morgan fingerprint density at radius 1 is 1.30 bits per heavy atom. The van der Waals surface area contributed by atoms with Crippen LogP contribution in [0.1, 0.15) is 38.0 Å². The molecule has 20 heavy (non-hydrogen) atoms. The highest BCUT2D eigenvalue weighted by molar-refractivity contribution is 6.31. The van der Waals surface area contributed by atoms with Crippen LogP contribution in [0.4, 0.5) is 0 Å². The number of aromatic nitrogens is 2. The molecule has 0 aliphatic rings. The SMILES string of the molecule is CC(C)n1ncc(Cl)c1C(N)CCOc1ccccc1. The van der Waals surface area contributed by atoms with Gasteiger partial charge in [-0.1, -0.05) is 29.8 Å². The van der Waals surface area contributed by atoms with E-state index >= 15 is 0 Å². The molecule has 0 saturated heterocycles. The zero-order valence-electron chi connectivity index (χ0n) is 11.8. The van der Waals surface area contributed by atoms with Gasteiger partial charge >= 0.3 is 0 Å². The molecule has 2 rings (SSSR count). The average Bonchev–Trinajstić information content (AvgIpc) is 2.82. The van der Waals surface area contributed by atoms with Gasteiger partial charge in [0.15, 0.2) is 0 Å². The number of nitrogens with zero attached hydrogens (tertiary/aromatic N) is 2. The molecular formula is C15H20ClN3O. The van der Waals surface area contributed by atoms with E-state index in [-0.39, 0.29) is 12.1 Å². The second-order valence-corrected chi connectivity index (χ2v) is 5.38. The predicted molar refractivity (Wildman–Crippen MR) is 81.1 cm³/mol. The van der Waals surface area contributed by atoms with Crippen LogP contribution in [0.2, 0.25) is 5.02 Å². The van der Waals surface area contributed by atoms with Crippen molar-refractivity contribution in [1.29, 1.82) is 0 Å². The lowest BCUT2D eigenvalue weighted by molar-refractivity contribution is 0.294. The van der Waals surface area contributed by atoms with Crippen LogP contribution in [0, 0.1) is 0 Å². The summed E-state index contributed by atoms with van der Waals surface area (Å²) in [5.74, 6) is 0.850. The van der Waals surface area contributed by atoms with E-state index < -0.39 is 0 Å². The Labute approximate surface area is 124 Å². The lowest BCUT2D eigenvalue weighted by Gasteiger charge is -2.17. The van der Waals surface area contributed by atoms with Gasteiger partial charge in [-0.3, -0.25) is 4.68 Å². The molecule has 2 aromatic rings. The van der Waals surface area contributed by atoms with Crippen LogP contribution in [0.15, 0.2) is 36.5 Å². The maximum Gasteiger partial charge on any atom is 0.119 e. The minimum atomic E-state index is -0.184. The summed E-state index contributed by atoms with van der Waals surface area (Å²) < 4.78 is 7.53. The third-order valence-electron chi connectivity index (χ3n) is 3.07. The molecule has 1 heterocycles. The highest BCUT2D eigenvalue weighted by Crippen LogP contribution is 2.26. The van der Waals surface area contributed by atoms with E-state index in [9.17, 15) is 0 Å². The van der Waals surface area contributed by atoms with Crippen LogP contribution in [-0.4, -0.2) is 16.4 Å². The highest BCUT2D eigenvalue weighted by Gasteiger charge is 2.18. The molecule has 0 aliphatic heterocycles. The van der Waals surface area contributed by atoms with Crippen molar-refractivity contribution in [2.24, 2.45) is 5.73 Å². The second-order valence-electron chi connectivity index (χ2n) is 4.97. The quantitative estimate of drug-likeness (QED) is 0.885. The van der Waals surface area contributed by atoms with Gasteiger partial charge in [-0.25, -0.2) is 0 Å². The molecule has 108 valence electrons. The predicted octanol–water partition coefficient (Wildman–Crippen LogP) is 3.59. The minimum absolute atomic E-state index is 0.184. The number of ether oxygens (including phenoxy) is 1. The summed E-state index contributed by atoms with van der Waals surface area (Å²) in [5.41, 5.74) is 7.09. The fourth-order valence-corrected chi connectivity index (χ4v) is 2.34. The molecule has 4 nitrogen and oxygen atoms in total. The lowest BCUT2D eigenvalue weighted by Crippen LogP contribution is -2.20. The van der Waals surface area contributed by atoms with Crippen LogP contribution in [0.25, 0.3) is 0 Å².